The number of carbonyl (C=O) groups is 2. The van der Waals surface area contributed by atoms with Gasteiger partial charge in [-0.3, -0.25) is 14.2 Å². The van der Waals surface area contributed by atoms with Crippen molar-refractivity contribution in [3.8, 4) is 0 Å². The zero-order valence-electron chi connectivity index (χ0n) is 24.9. The molecule has 44 heavy (non-hydrogen) atoms. The molecule has 0 aliphatic carbocycles. The van der Waals surface area contributed by atoms with Gasteiger partial charge in [0.05, 0.1) is 6.33 Å². The van der Waals surface area contributed by atoms with Crippen molar-refractivity contribution in [2.75, 3.05) is 45.6 Å². The van der Waals surface area contributed by atoms with Gasteiger partial charge in [-0.05, 0) is 32.1 Å². The first-order valence-corrected chi connectivity index (χ1v) is 14.6. The molecule has 1 aliphatic heterocycles. The Balaban J connectivity index is 1.51. The number of fused-ring (bicyclic) bond motifs is 1. The van der Waals surface area contributed by atoms with Crippen LogP contribution in [0.5, 0.6) is 0 Å². The summed E-state index contributed by atoms with van der Waals surface area (Å²) in [4.78, 5) is 41.2. The molecule has 1 fully saturated rings. The number of ether oxygens (including phenoxy) is 1. The highest BCUT2D eigenvalue weighted by Crippen LogP contribution is 2.33. The lowest BCUT2D eigenvalue weighted by atomic mass is 9.91. The largest absolute Gasteiger partial charge is 0.387 e. The van der Waals surface area contributed by atoms with Gasteiger partial charge in [-0.15, -0.1) is 0 Å². The number of rotatable bonds is 12. The van der Waals surface area contributed by atoms with E-state index in [9.17, 15) is 19.8 Å². The molecule has 5 rings (SSSR count). The topological polar surface area (TPSA) is 167 Å². The lowest BCUT2D eigenvalue weighted by Crippen LogP contribution is -2.42. The Labute approximate surface area is 255 Å². The first-order chi connectivity index (χ1) is 21.3. The molecule has 0 unspecified atom stereocenters. The summed E-state index contributed by atoms with van der Waals surface area (Å²) in [5.41, 5.74) is 2.72. The summed E-state index contributed by atoms with van der Waals surface area (Å²) in [6.45, 7) is 3.50. The smallest absolute Gasteiger partial charge is 0.289 e. The molecule has 3 heterocycles. The number of likely N-dealkylation sites (N-methyl/N-ethyl adjacent to an activating group) is 2. The Morgan fingerprint density at radius 1 is 0.977 bits per heavy atom. The van der Waals surface area contributed by atoms with Crippen molar-refractivity contribution < 1.29 is 24.5 Å². The van der Waals surface area contributed by atoms with E-state index >= 15 is 0 Å². The van der Waals surface area contributed by atoms with Gasteiger partial charge in [0, 0.05) is 32.1 Å². The van der Waals surface area contributed by atoms with Crippen LogP contribution in [0.4, 0.5) is 5.82 Å². The minimum absolute atomic E-state index is 0.0464. The van der Waals surface area contributed by atoms with E-state index in [0.717, 1.165) is 11.1 Å². The van der Waals surface area contributed by atoms with Crippen molar-refractivity contribution in [2.45, 2.75) is 37.4 Å². The number of hydrogen-bond donors (Lipinski definition) is 5. The van der Waals surface area contributed by atoms with Gasteiger partial charge in [-0.2, -0.15) is 0 Å². The number of aliphatic hydroxyl groups excluding tert-OH is 2. The van der Waals surface area contributed by atoms with Crippen LogP contribution in [0.1, 0.15) is 40.8 Å². The van der Waals surface area contributed by atoms with E-state index in [4.69, 9.17) is 4.74 Å². The van der Waals surface area contributed by atoms with Gasteiger partial charge in [0.15, 0.2) is 29.3 Å². The molecule has 232 valence electrons. The van der Waals surface area contributed by atoms with Crippen LogP contribution in [0, 0.1) is 0 Å². The van der Waals surface area contributed by atoms with E-state index in [1.54, 1.807) is 6.92 Å². The van der Waals surface area contributed by atoms with Gasteiger partial charge in [0.2, 0.25) is 5.82 Å². The summed E-state index contributed by atoms with van der Waals surface area (Å²) in [5, 5.41) is 30.3. The highest BCUT2D eigenvalue weighted by Gasteiger charge is 2.47. The number of carbonyl (C=O) groups excluding carboxylic acids is 2. The van der Waals surface area contributed by atoms with E-state index in [1.807, 2.05) is 55.4 Å². The molecule has 2 aromatic heterocycles. The van der Waals surface area contributed by atoms with Crippen LogP contribution in [-0.2, 0) is 9.53 Å². The molecule has 1 saturated heterocycles. The van der Waals surface area contributed by atoms with E-state index < -0.39 is 36.4 Å². The average molecular weight is 603 g/mol. The third-order valence-corrected chi connectivity index (χ3v) is 7.47. The molecular weight excluding hydrogens is 564 g/mol. The van der Waals surface area contributed by atoms with Crippen LogP contribution in [0.3, 0.4) is 0 Å². The molecule has 0 radical (unpaired) electrons. The standard InChI is InChI=1S/C31H38N8O5/c1-4-32-29(42)25-23(40)24(41)31(44-25)39-18-35-22-26(36-27(37-28(22)39)30(43)33-15-16-38(2)3)34-17-21(19-11-7-5-8-12-19)20-13-9-6-10-14-20/h5-14,18,21,23-25,31,40-41H,4,15-17H2,1-3H3,(H,32,42)(H,33,43)(H,34,36,37)/t23-,24+,25-,31+/m0/s1. The fourth-order valence-corrected chi connectivity index (χ4v) is 5.18. The molecule has 0 spiro atoms. The van der Waals surface area contributed by atoms with Gasteiger partial charge in [-0.25, -0.2) is 15.0 Å². The average Bonchev–Trinajstić information content (AvgIpc) is 3.58. The number of imidazole rings is 1. The second kappa shape index (κ2) is 13.9. The molecule has 2 aromatic carbocycles. The zero-order chi connectivity index (χ0) is 31.2. The number of anilines is 1. The highest BCUT2D eigenvalue weighted by molar-refractivity contribution is 5.94. The highest BCUT2D eigenvalue weighted by atomic mass is 16.6. The van der Waals surface area contributed by atoms with Crippen molar-refractivity contribution in [1.29, 1.82) is 0 Å². The van der Waals surface area contributed by atoms with Crippen molar-refractivity contribution in [3.63, 3.8) is 0 Å². The van der Waals surface area contributed by atoms with Gasteiger partial charge >= 0.3 is 0 Å². The Bertz CT molecular complexity index is 1530. The maximum Gasteiger partial charge on any atom is 0.289 e. The maximum atomic E-state index is 13.2. The van der Waals surface area contributed by atoms with Crippen LogP contribution in [0.15, 0.2) is 67.0 Å². The second-order valence-corrected chi connectivity index (χ2v) is 10.9. The predicted molar refractivity (Wildman–Crippen MR) is 164 cm³/mol. The normalized spacial score (nSPS) is 19.9. The number of hydrogen-bond acceptors (Lipinski definition) is 10. The van der Waals surface area contributed by atoms with E-state index in [1.165, 1.54) is 10.9 Å². The van der Waals surface area contributed by atoms with Crippen LogP contribution >= 0.6 is 0 Å². The summed E-state index contributed by atoms with van der Waals surface area (Å²) in [7, 11) is 3.81. The first-order valence-electron chi connectivity index (χ1n) is 14.6. The fourth-order valence-electron chi connectivity index (χ4n) is 5.18. The Hall–Kier alpha value is -4.43. The molecule has 0 saturated carbocycles. The number of nitrogens with one attached hydrogen (secondary N) is 3. The lowest BCUT2D eigenvalue weighted by Gasteiger charge is -2.20. The minimum atomic E-state index is -1.48. The number of nitrogens with zero attached hydrogens (tertiary/aromatic N) is 5. The lowest BCUT2D eigenvalue weighted by molar-refractivity contribution is -0.137. The van der Waals surface area contributed by atoms with Gasteiger partial charge in [0.25, 0.3) is 11.8 Å². The number of aromatic nitrogens is 4. The second-order valence-electron chi connectivity index (χ2n) is 10.9. The maximum absolute atomic E-state index is 13.2. The third kappa shape index (κ3) is 6.70. The molecular formula is C31H38N8O5. The number of aliphatic hydroxyl groups is 2. The van der Waals surface area contributed by atoms with Crippen LogP contribution in [0.25, 0.3) is 11.2 Å². The Morgan fingerprint density at radius 2 is 1.64 bits per heavy atom. The van der Waals surface area contributed by atoms with Crippen LogP contribution in [-0.4, -0.2) is 105 Å². The summed E-state index contributed by atoms with van der Waals surface area (Å²) < 4.78 is 7.24. The van der Waals surface area contributed by atoms with Crippen molar-refractivity contribution in [2.24, 2.45) is 0 Å². The SMILES string of the molecule is CCNC(=O)[C@H]1O[C@@H](n2cnc3c(NCC(c4ccccc4)c4ccccc4)nc(C(=O)NCCN(C)C)nc32)[C@H](O)[C@@H]1O. The van der Waals surface area contributed by atoms with Crippen molar-refractivity contribution in [1.82, 2.24) is 35.1 Å². The summed E-state index contributed by atoms with van der Waals surface area (Å²) >= 11 is 0. The molecule has 13 heteroatoms. The van der Waals surface area contributed by atoms with E-state index in [2.05, 4.69) is 55.2 Å². The zero-order valence-corrected chi connectivity index (χ0v) is 24.9. The molecule has 13 nitrogen and oxygen atoms in total. The number of benzene rings is 2. The van der Waals surface area contributed by atoms with Gasteiger partial charge in [0.1, 0.15) is 12.2 Å². The van der Waals surface area contributed by atoms with Crippen LogP contribution in [0.2, 0.25) is 0 Å². The van der Waals surface area contributed by atoms with E-state index in [0.29, 0.717) is 37.5 Å². The molecule has 2 amide bonds. The van der Waals surface area contributed by atoms with E-state index in [-0.39, 0.29) is 17.4 Å². The molecule has 1 aliphatic rings. The monoisotopic (exact) mass is 602 g/mol. The summed E-state index contributed by atoms with van der Waals surface area (Å²) in [6.07, 6.45) is -4.02. The van der Waals surface area contributed by atoms with Gasteiger partial charge < -0.3 is 35.8 Å². The molecule has 4 aromatic rings. The van der Waals surface area contributed by atoms with Crippen molar-refractivity contribution in [3.05, 3.63) is 83.9 Å². The predicted octanol–water partition coefficient (Wildman–Crippen LogP) is 1.12. The molecule has 4 atom stereocenters. The quantitative estimate of drug-likeness (QED) is 0.159. The van der Waals surface area contributed by atoms with Crippen LogP contribution < -0.4 is 16.0 Å². The Kier molecular flexibility index (Phi) is 9.80. The number of amides is 2. The molecule has 5 N–H and O–H groups in total. The molecule has 0 bridgehead atoms. The fraction of sp³-hybridized carbons (Fsp3) is 0.387. The summed E-state index contributed by atoms with van der Waals surface area (Å²) in [5.74, 6) is -0.867. The minimum Gasteiger partial charge on any atom is -0.387 e. The first kappa shape index (κ1) is 31.0. The van der Waals surface area contributed by atoms with Gasteiger partial charge in [-0.1, -0.05) is 60.7 Å². The van der Waals surface area contributed by atoms with Crippen molar-refractivity contribution >= 4 is 28.8 Å². The third-order valence-electron chi connectivity index (χ3n) is 7.47. The Morgan fingerprint density at radius 3 is 2.25 bits per heavy atom. The summed E-state index contributed by atoms with van der Waals surface area (Å²) in [6, 6.07) is 20.1.